The van der Waals surface area contributed by atoms with Crippen molar-refractivity contribution in [3.05, 3.63) is 64.5 Å². The van der Waals surface area contributed by atoms with E-state index in [1.807, 2.05) is 35.0 Å². The van der Waals surface area contributed by atoms with E-state index >= 15 is 0 Å². The van der Waals surface area contributed by atoms with Crippen molar-refractivity contribution < 1.29 is 4.39 Å². The van der Waals surface area contributed by atoms with Gasteiger partial charge in [-0.15, -0.1) is 0 Å². The number of benzene rings is 2. The smallest absolute Gasteiger partial charge is 0.132 e. The molecule has 3 rings (SSSR count). The lowest BCUT2D eigenvalue weighted by molar-refractivity contribution is 0.639. The summed E-state index contributed by atoms with van der Waals surface area (Å²) in [5, 5.41) is 0.646. The van der Waals surface area contributed by atoms with E-state index in [9.17, 15) is 4.39 Å². The van der Waals surface area contributed by atoms with Gasteiger partial charge in [0.2, 0.25) is 0 Å². The van der Waals surface area contributed by atoms with Crippen molar-refractivity contribution in [1.82, 2.24) is 4.57 Å². The van der Waals surface area contributed by atoms with Crippen LogP contribution in [0.2, 0.25) is 0 Å². The molecule has 3 aromatic rings. The molecule has 0 bridgehead atoms. The molecule has 2 N–H and O–H groups in total. The molecule has 1 heterocycles. The summed E-state index contributed by atoms with van der Waals surface area (Å²) in [4.78, 5) is 0. The summed E-state index contributed by atoms with van der Waals surface area (Å²) >= 11 is 3.38. The van der Waals surface area contributed by atoms with Gasteiger partial charge in [0.15, 0.2) is 0 Å². The number of nitrogens with two attached hydrogens (primary N) is 1. The van der Waals surface area contributed by atoms with Gasteiger partial charge in [-0.3, -0.25) is 0 Å². The van der Waals surface area contributed by atoms with E-state index in [-0.39, 0.29) is 5.82 Å². The first-order valence-electron chi connectivity index (χ1n) is 5.92. The molecule has 0 saturated heterocycles. The molecule has 2 aromatic carbocycles. The number of aromatic nitrogens is 1. The minimum atomic E-state index is -0.188. The van der Waals surface area contributed by atoms with Gasteiger partial charge in [-0.05, 0) is 51.8 Å². The van der Waals surface area contributed by atoms with Gasteiger partial charge in [0.1, 0.15) is 5.82 Å². The summed E-state index contributed by atoms with van der Waals surface area (Å²) < 4.78 is 16.5. The van der Waals surface area contributed by atoms with Gasteiger partial charge in [0, 0.05) is 28.3 Å². The van der Waals surface area contributed by atoms with Crippen molar-refractivity contribution in [3.63, 3.8) is 0 Å². The third-order valence-corrected chi connectivity index (χ3v) is 3.90. The Kier molecular flexibility index (Phi) is 3.03. The lowest BCUT2D eigenvalue weighted by Gasteiger charge is -2.07. The molecule has 0 atom stereocenters. The summed E-state index contributed by atoms with van der Waals surface area (Å²) in [7, 11) is 0. The van der Waals surface area contributed by atoms with E-state index in [4.69, 9.17) is 5.73 Å². The number of halogens is 2. The van der Waals surface area contributed by atoms with Crippen LogP contribution in [-0.4, -0.2) is 4.57 Å². The van der Waals surface area contributed by atoms with Crippen molar-refractivity contribution in [2.45, 2.75) is 6.54 Å². The third-order valence-electron chi connectivity index (χ3n) is 3.17. The number of nitrogen functional groups attached to an aromatic ring is 1. The third kappa shape index (κ3) is 2.24. The van der Waals surface area contributed by atoms with Crippen molar-refractivity contribution in [2.75, 3.05) is 5.73 Å². The van der Waals surface area contributed by atoms with Crippen molar-refractivity contribution in [1.29, 1.82) is 0 Å². The number of anilines is 1. The summed E-state index contributed by atoms with van der Waals surface area (Å²) in [5.74, 6) is -0.188. The van der Waals surface area contributed by atoms with Gasteiger partial charge in [0.05, 0.1) is 5.52 Å². The Morgan fingerprint density at radius 1 is 1.16 bits per heavy atom. The zero-order chi connectivity index (χ0) is 13.4. The molecule has 4 heteroatoms. The summed E-state index contributed by atoms with van der Waals surface area (Å²) in [6.07, 6.45) is 1.89. The van der Waals surface area contributed by atoms with Crippen LogP contribution in [0.5, 0.6) is 0 Å². The first-order valence-corrected chi connectivity index (χ1v) is 6.72. The van der Waals surface area contributed by atoms with Gasteiger partial charge in [-0.1, -0.05) is 12.1 Å². The van der Waals surface area contributed by atoms with Crippen LogP contribution in [0.1, 0.15) is 5.56 Å². The Morgan fingerprint density at radius 2 is 2.00 bits per heavy atom. The Bertz CT molecular complexity index is 749. The Balaban J connectivity index is 2.01. The van der Waals surface area contributed by atoms with Gasteiger partial charge < -0.3 is 10.3 Å². The van der Waals surface area contributed by atoms with Gasteiger partial charge in [0.25, 0.3) is 0 Å². The number of fused-ring (bicyclic) bond motifs is 1. The second-order valence-corrected chi connectivity index (χ2v) is 5.33. The number of hydrogen-bond donors (Lipinski definition) is 1. The van der Waals surface area contributed by atoms with E-state index in [1.54, 1.807) is 12.1 Å². The fourth-order valence-electron chi connectivity index (χ4n) is 2.21. The maximum absolute atomic E-state index is 13.6. The minimum Gasteiger partial charge on any atom is -0.398 e. The van der Waals surface area contributed by atoms with Gasteiger partial charge in [-0.25, -0.2) is 4.39 Å². The molecule has 0 amide bonds. The quantitative estimate of drug-likeness (QED) is 0.706. The molecular weight excluding hydrogens is 307 g/mol. The monoisotopic (exact) mass is 318 g/mol. The normalized spacial score (nSPS) is 11.1. The second kappa shape index (κ2) is 4.70. The molecule has 0 aliphatic rings. The first-order chi connectivity index (χ1) is 9.15. The maximum atomic E-state index is 13.6. The van der Waals surface area contributed by atoms with Crippen molar-refractivity contribution in [2.24, 2.45) is 0 Å². The Labute approximate surface area is 118 Å². The first kappa shape index (κ1) is 12.2. The predicted octanol–water partition coefficient (Wildman–Crippen LogP) is 4.17. The lowest BCUT2D eigenvalue weighted by atomic mass is 10.2. The zero-order valence-electron chi connectivity index (χ0n) is 10.1. The van der Waals surface area contributed by atoms with Crippen LogP contribution < -0.4 is 5.73 Å². The molecule has 0 spiro atoms. The standard InChI is InChI=1S/C15H12BrFN2/c16-12-5-4-10(8-14(12)18)9-19-7-6-11-13(17)2-1-3-15(11)19/h1-8H,9,18H2. The number of hydrogen-bond acceptors (Lipinski definition) is 1. The number of nitrogens with zero attached hydrogens (tertiary/aromatic N) is 1. The van der Waals surface area contributed by atoms with Gasteiger partial charge >= 0.3 is 0 Å². The van der Waals surface area contributed by atoms with E-state index in [2.05, 4.69) is 15.9 Å². The SMILES string of the molecule is Nc1cc(Cn2ccc3c(F)cccc32)ccc1Br. The highest BCUT2D eigenvalue weighted by molar-refractivity contribution is 9.10. The summed E-state index contributed by atoms with van der Waals surface area (Å²) in [6.45, 7) is 0.671. The molecule has 0 aliphatic heterocycles. The minimum absolute atomic E-state index is 0.188. The highest BCUT2D eigenvalue weighted by Gasteiger charge is 2.06. The molecular formula is C15H12BrFN2. The summed E-state index contributed by atoms with van der Waals surface area (Å²) in [5.41, 5.74) is 8.55. The van der Waals surface area contributed by atoms with Crippen molar-refractivity contribution in [3.8, 4) is 0 Å². The molecule has 0 fully saturated rings. The predicted molar refractivity (Wildman–Crippen MR) is 79.6 cm³/mol. The topological polar surface area (TPSA) is 30.9 Å². The van der Waals surface area contributed by atoms with Crippen LogP contribution in [0.3, 0.4) is 0 Å². The van der Waals surface area contributed by atoms with Crippen LogP contribution in [0, 0.1) is 5.82 Å². The molecule has 2 nitrogen and oxygen atoms in total. The van der Waals surface area contributed by atoms with E-state index in [1.165, 1.54) is 6.07 Å². The lowest BCUT2D eigenvalue weighted by Crippen LogP contribution is -1.99. The average Bonchev–Trinajstić information content (AvgIpc) is 2.79. The fourth-order valence-corrected chi connectivity index (χ4v) is 2.46. The molecule has 0 saturated carbocycles. The summed E-state index contributed by atoms with van der Waals surface area (Å²) in [6, 6.07) is 12.8. The largest absolute Gasteiger partial charge is 0.398 e. The highest BCUT2D eigenvalue weighted by Crippen LogP contribution is 2.23. The molecule has 0 radical (unpaired) electrons. The molecule has 19 heavy (non-hydrogen) atoms. The maximum Gasteiger partial charge on any atom is 0.132 e. The Morgan fingerprint density at radius 3 is 2.79 bits per heavy atom. The van der Waals surface area contributed by atoms with E-state index in [0.717, 1.165) is 15.6 Å². The highest BCUT2D eigenvalue weighted by atomic mass is 79.9. The van der Waals surface area contributed by atoms with Crippen LogP contribution >= 0.6 is 15.9 Å². The van der Waals surface area contributed by atoms with E-state index in [0.29, 0.717) is 17.6 Å². The van der Waals surface area contributed by atoms with Crippen LogP contribution in [0.4, 0.5) is 10.1 Å². The zero-order valence-corrected chi connectivity index (χ0v) is 11.7. The molecule has 0 aliphatic carbocycles. The number of rotatable bonds is 2. The molecule has 96 valence electrons. The fraction of sp³-hybridized carbons (Fsp3) is 0.0667. The van der Waals surface area contributed by atoms with Crippen molar-refractivity contribution >= 4 is 32.5 Å². The van der Waals surface area contributed by atoms with Crippen LogP contribution in [0.15, 0.2) is 53.1 Å². The van der Waals surface area contributed by atoms with Gasteiger partial charge in [-0.2, -0.15) is 0 Å². The molecule has 1 aromatic heterocycles. The molecule has 0 unspecified atom stereocenters. The second-order valence-electron chi connectivity index (χ2n) is 4.47. The van der Waals surface area contributed by atoms with Crippen LogP contribution in [-0.2, 0) is 6.54 Å². The van der Waals surface area contributed by atoms with Crippen LogP contribution in [0.25, 0.3) is 10.9 Å². The Hall–Kier alpha value is -1.81. The average molecular weight is 319 g/mol. The van der Waals surface area contributed by atoms with E-state index < -0.39 is 0 Å².